The van der Waals surface area contributed by atoms with Crippen LogP contribution in [0.25, 0.3) is 10.8 Å². The Bertz CT molecular complexity index is 618. The molecule has 1 atom stereocenters. The Kier molecular flexibility index (Phi) is 4.98. The van der Waals surface area contributed by atoms with Gasteiger partial charge < -0.3 is 19.6 Å². The van der Waals surface area contributed by atoms with Crippen LogP contribution in [0.2, 0.25) is 0 Å². The first-order chi connectivity index (χ1) is 9.99. The number of hydrogen-bond acceptors (Lipinski definition) is 5. The van der Waals surface area contributed by atoms with Crippen molar-refractivity contribution in [1.29, 1.82) is 0 Å². The number of ketones is 1. The quantitative estimate of drug-likeness (QED) is 0.766. The third-order valence-electron chi connectivity index (χ3n) is 3.10. The van der Waals surface area contributed by atoms with Gasteiger partial charge in [-0.1, -0.05) is 26.0 Å². The second-order valence-corrected chi connectivity index (χ2v) is 5.37. The molecule has 1 unspecified atom stereocenters. The number of fused-ring (bicyclic) bond motifs is 1. The van der Waals surface area contributed by atoms with Crippen LogP contribution >= 0.6 is 0 Å². The molecule has 114 valence electrons. The van der Waals surface area contributed by atoms with Crippen molar-refractivity contribution in [3.63, 3.8) is 0 Å². The average Bonchev–Trinajstić information content (AvgIpc) is 2.87. The SMILES string of the molecule is CC(=O)c1occ2cccc(OCC(O)CNC(C)C)c12. The second kappa shape index (κ2) is 6.74. The van der Waals surface area contributed by atoms with Gasteiger partial charge >= 0.3 is 0 Å². The molecule has 0 radical (unpaired) electrons. The standard InChI is InChI=1S/C16H21NO4/c1-10(2)17-7-13(19)9-20-14-6-4-5-12-8-21-16(11(3)18)15(12)14/h4-6,8,10,13,17,19H,7,9H2,1-3H3. The van der Waals surface area contributed by atoms with Crippen LogP contribution in [0.4, 0.5) is 0 Å². The lowest BCUT2D eigenvalue weighted by Gasteiger charge is -2.15. The Hall–Kier alpha value is -1.85. The van der Waals surface area contributed by atoms with Gasteiger partial charge in [-0.05, 0) is 6.07 Å². The molecule has 0 bridgehead atoms. The largest absolute Gasteiger partial charge is 0.490 e. The first kappa shape index (κ1) is 15.5. The van der Waals surface area contributed by atoms with E-state index in [1.165, 1.54) is 13.2 Å². The van der Waals surface area contributed by atoms with Crippen molar-refractivity contribution in [1.82, 2.24) is 5.32 Å². The van der Waals surface area contributed by atoms with E-state index in [4.69, 9.17) is 9.15 Å². The van der Waals surface area contributed by atoms with Crippen molar-refractivity contribution >= 4 is 16.6 Å². The predicted molar refractivity (Wildman–Crippen MR) is 80.9 cm³/mol. The third kappa shape index (κ3) is 3.83. The van der Waals surface area contributed by atoms with Gasteiger partial charge in [0.15, 0.2) is 11.5 Å². The van der Waals surface area contributed by atoms with Crippen molar-refractivity contribution in [2.24, 2.45) is 0 Å². The lowest BCUT2D eigenvalue weighted by atomic mass is 10.1. The first-order valence-electron chi connectivity index (χ1n) is 7.04. The number of carbonyl (C=O) groups excluding carboxylic acids is 1. The summed E-state index contributed by atoms with van der Waals surface area (Å²) in [5, 5.41) is 14.5. The molecule has 0 amide bonds. The number of furan rings is 1. The molecule has 1 aromatic heterocycles. The van der Waals surface area contributed by atoms with Crippen LogP contribution in [-0.2, 0) is 0 Å². The lowest BCUT2D eigenvalue weighted by molar-refractivity contribution is 0.0987. The predicted octanol–water partition coefficient (Wildman–Crippen LogP) is 2.37. The minimum absolute atomic E-state index is 0.150. The number of nitrogens with one attached hydrogen (secondary N) is 1. The zero-order chi connectivity index (χ0) is 15.4. The Morgan fingerprint density at radius 2 is 2.19 bits per heavy atom. The highest BCUT2D eigenvalue weighted by Crippen LogP contribution is 2.31. The van der Waals surface area contributed by atoms with Gasteiger partial charge in [-0.2, -0.15) is 0 Å². The summed E-state index contributed by atoms with van der Waals surface area (Å²) in [4.78, 5) is 11.6. The zero-order valence-electron chi connectivity index (χ0n) is 12.6. The van der Waals surface area contributed by atoms with Crippen LogP contribution in [0.5, 0.6) is 5.75 Å². The van der Waals surface area contributed by atoms with Gasteiger partial charge in [0.05, 0.1) is 11.6 Å². The van der Waals surface area contributed by atoms with Gasteiger partial charge in [0.25, 0.3) is 0 Å². The molecule has 21 heavy (non-hydrogen) atoms. The Balaban J connectivity index is 2.11. The van der Waals surface area contributed by atoms with E-state index in [-0.39, 0.29) is 18.2 Å². The molecule has 0 spiro atoms. The highest BCUT2D eigenvalue weighted by atomic mass is 16.5. The summed E-state index contributed by atoms with van der Waals surface area (Å²) in [5.74, 6) is 0.688. The van der Waals surface area contributed by atoms with E-state index in [0.717, 1.165) is 5.39 Å². The topological polar surface area (TPSA) is 71.7 Å². The van der Waals surface area contributed by atoms with Crippen LogP contribution in [0.3, 0.4) is 0 Å². The maximum atomic E-state index is 11.6. The fourth-order valence-corrected chi connectivity index (χ4v) is 2.07. The summed E-state index contributed by atoms with van der Waals surface area (Å²) in [6, 6.07) is 5.76. The van der Waals surface area contributed by atoms with E-state index >= 15 is 0 Å². The number of ether oxygens (including phenoxy) is 1. The summed E-state index contributed by atoms with van der Waals surface area (Å²) in [7, 11) is 0. The van der Waals surface area contributed by atoms with Gasteiger partial charge in [-0.15, -0.1) is 0 Å². The highest BCUT2D eigenvalue weighted by molar-refractivity contribution is 6.07. The molecule has 1 heterocycles. The molecule has 0 aliphatic rings. The minimum atomic E-state index is -0.615. The molecule has 5 nitrogen and oxygen atoms in total. The van der Waals surface area contributed by atoms with Crippen molar-refractivity contribution in [3.05, 3.63) is 30.2 Å². The van der Waals surface area contributed by atoms with Crippen LogP contribution < -0.4 is 10.1 Å². The summed E-state index contributed by atoms with van der Waals surface area (Å²) in [5.41, 5.74) is 0. The maximum Gasteiger partial charge on any atom is 0.195 e. The monoisotopic (exact) mass is 291 g/mol. The molecule has 2 N–H and O–H groups in total. The average molecular weight is 291 g/mol. The van der Waals surface area contributed by atoms with Gasteiger partial charge in [0.2, 0.25) is 0 Å². The fourth-order valence-electron chi connectivity index (χ4n) is 2.07. The number of rotatable bonds is 7. The zero-order valence-corrected chi connectivity index (χ0v) is 12.6. The molecular weight excluding hydrogens is 270 g/mol. The van der Waals surface area contributed by atoms with E-state index < -0.39 is 6.10 Å². The van der Waals surface area contributed by atoms with Crippen LogP contribution in [0.1, 0.15) is 31.3 Å². The number of hydrogen-bond donors (Lipinski definition) is 2. The van der Waals surface area contributed by atoms with E-state index in [1.54, 1.807) is 6.07 Å². The van der Waals surface area contributed by atoms with Crippen molar-refractivity contribution < 1.29 is 19.1 Å². The Morgan fingerprint density at radius 1 is 1.43 bits per heavy atom. The fraction of sp³-hybridized carbons (Fsp3) is 0.438. The number of Topliss-reactive ketones (excluding diaryl/α,β-unsaturated/α-hetero) is 1. The molecule has 1 aromatic carbocycles. The van der Waals surface area contributed by atoms with E-state index in [1.807, 2.05) is 26.0 Å². The molecular formula is C16H21NO4. The molecule has 2 aromatic rings. The van der Waals surface area contributed by atoms with Gasteiger partial charge in [0.1, 0.15) is 18.5 Å². The van der Waals surface area contributed by atoms with E-state index in [9.17, 15) is 9.90 Å². The van der Waals surface area contributed by atoms with Gasteiger partial charge in [-0.3, -0.25) is 4.79 Å². The first-order valence-corrected chi connectivity index (χ1v) is 7.04. The third-order valence-corrected chi connectivity index (χ3v) is 3.10. The molecule has 0 saturated carbocycles. The molecule has 0 saturated heterocycles. The number of carbonyl (C=O) groups is 1. The van der Waals surface area contributed by atoms with E-state index in [0.29, 0.717) is 23.7 Å². The van der Waals surface area contributed by atoms with Crippen molar-refractivity contribution in [3.8, 4) is 5.75 Å². The number of aliphatic hydroxyl groups excluding tert-OH is 1. The summed E-state index contributed by atoms with van der Waals surface area (Å²) in [6.45, 7) is 6.09. The lowest BCUT2D eigenvalue weighted by Crippen LogP contribution is -2.35. The van der Waals surface area contributed by atoms with Gasteiger partial charge in [-0.25, -0.2) is 0 Å². The summed E-state index contributed by atoms with van der Waals surface area (Å²) < 4.78 is 11.0. The maximum absolute atomic E-state index is 11.6. The minimum Gasteiger partial charge on any atom is -0.490 e. The van der Waals surface area contributed by atoms with Crippen LogP contribution in [-0.4, -0.2) is 36.2 Å². The molecule has 5 heteroatoms. The normalized spacial score (nSPS) is 12.8. The van der Waals surface area contributed by atoms with Crippen molar-refractivity contribution in [2.45, 2.75) is 32.9 Å². The van der Waals surface area contributed by atoms with Gasteiger partial charge in [0, 0.05) is 24.9 Å². The second-order valence-electron chi connectivity index (χ2n) is 5.37. The Morgan fingerprint density at radius 3 is 2.86 bits per heavy atom. The smallest absolute Gasteiger partial charge is 0.195 e. The number of aliphatic hydroxyl groups is 1. The number of benzene rings is 1. The van der Waals surface area contributed by atoms with Crippen LogP contribution in [0, 0.1) is 0 Å². The van der Waals surface area contributed by atoms with Crippen LogP contribution in [0.15, 0.2) is 28.9 Å². The van der Waals surface area contributed by atoms with E-state index in [2.05, 4.69) is 5.32 Å². The van der Waals surface area contributed by atoms with Crippen molar-refractivity contribution in [2.75, 3.05) is 13.2 Å². The highest BCUT2D eigenvalue weighted by Gasteiger charge is 2.16. The molecule has 0 fully saturated rings. The Labute approximate surface area is 123 Å². The molecule has 0 aliphatic carbocycles. The summed E-state index contributed by atoms with van der Waals surface area (Å²) >= 11 is 0. The summed E-state index contributed by atoms with van der Waals surface area (Å²) in [6.07, 6.45) is 0.922. The molecule has 0 aliphatic heterocycles. The molecule has 2 rings (SSSR count).